The molecule has 0 unspecified atom stereocenters. The summed E-state index contributed by atoms with van der Waals surface area (Å²) in [5.41, 5.74) is 0. The molecule has 0 N–H and O–H groups in total. The third kappa shape index (κ3) is 3.14. The van der Waals surface area contributed by atoms with Gasteiger partial charge in [-0.15, -0.1) is 0 Å². The summed E-state index contributed by atoms with van der Waals surface area (Å²) >= 11 is 1.42. The summed E-state index contributed by atoms with van der Waals surface area (Å²) in [7, 11) is 0.0155. The Labute approximate surface area is 136 Å². The largest absolute Gasteiger partial charge is 0.346 e. The summed E-state index contributed by atoms with van der Waals surface area (Å²) in [5, 5.41) is 0.552. The van der Waals surface area contributed by atoms with Gasteiger partial charge in [0.25, 0.3) is 0 Å². The van der Waals surface area contributed by atoms with E-state index >= 15 is 0 Å². The van der Waals surface area contributed by atoms with Crippen LogP contribution in [0, 0.1) is 0 Å². The second-order valence-electron chi connectivity index (χ2n) is 6.45. The van der Waals surface area contributed by atoms with E-state index in [4.69, 9.17) is 4.98 Å². The fourth-order valence-electron chi connectivity index (χ4n) is 3.36. The van der Waals surface area contributed by atoms with Gasteiger partial charge in [0, 0.05) is 44.6 Å². The first-order chi connectivity index (χ1) is 10.5. The van der Waals surface area contributed by atoms with Gasteiger partial charge < -0.3 is 4.90 Å². The lowest BCUT2D eigenvalue weighted by molar-refractivity contribution is 0.478. The molecule has 2 heterocycles. The van der Waals surface area contributed by atoms with Crippen molar-refractivity contribution in [3.05, 3.63) is 5.82 Å². The molecule has 1 aromatic heterocycles. The molecule has 0 amide bonds. The molecule has 1 aliphatic carbocycles. The number of hydrogen-bond acceptors (Lipinski definition) is 6. The molecule has 1 atom stereocenters. The molecule has 8 heteroatoms. The Bertz CT molecular complexity index is 608. The summed E-state index contributed by atoms with van der Waals surface area (Å²) in [6.07, 6.45) is 6.53. The zero-order valence-corrected chi connectivity index (χ0v) is 14.9. The van der Waals surface area contributed by atoms with Crippen molar-refractivity contribution in [3.8, 4) is 0 Å². The number of nitrogens with zero attached hydrogens (tertiary/aromatic N) is 4. The molecule has 22 heavy (non-hydrogen) atoms. The fourth-order valence-corrected chi connectivity index (χ4v) is 5.57. The van der Waals surface area contributed by atoms with Gasteiger partial charge in [0.05, 0.1) is 5.25 Å². The van der Waals surface area contributed by atoms with Gasteiger partial charge in [-0.25, -0.2) is 17.7 Å². The quantitative estimate of drug-likeness (QED) is 0.836. The molecule has 0 radical (unpaired) electrons. The van der Waals surface area contributed by atoms with Gasteiger partial charge in [-0.1, -0.05) is 12.8 Å². The van der Waals surface area contributed by atoms with Crippen LogP contribution in [0.2, 0.25) is 0 Å². The SMILES string of the molecule is CN(C)S(=O)(=O)[C@H]1CCCN(c2nc(C3CCCC3)ns2)C1. The zero-order valence-electron chi connectivity index (χ0n) is 13.2. The molecule has 1 aromatic rings. The zero-order chi connectivity index (χ0) is 15.7. The average molecular weight is 345 g/mol. The van der Waals surface area contributed by atoms with Gasteiger partial charge in [-0.05, 0) is 25.7 Å². The minimum Gasteiger partial charge on any atom is -0.346 e. The molecular formula is C14H24N4O2S2. The summed E-state index contributed by atoms with van der Waals surface area (Å²) in [6, 6.07) is 0. The monoisotopic (exact) mass is 344 g/mol. The number of anilines is 1. The Balaban J connectivity index is 1.72. The molecule has 0 bridgehead atoms. The van der Waals surface area contributed by atoms with E-state index in [0.29, 0.717) is 12.5 Å². The minimum atomic E-state index is -3.20. The van der Waals surface area contributed by atoms with E-state index in [2.05, 4.69) is 9.27 Å². The average Bonchev–Trinajstić information content (AvgIpc) is 3.18. The summed E-state index contributed by atoms with van der Waals surface area (Å²) < 4.78 is 30.5. The van der Waals surface area contributed by atoms with Crippen LogP contribution in [0.25, 0.3) is 0 Å². The van der Waals surface area contributed by atoms with Crippen molar-refractivity contribution in [2.24, 2.45) is 0 Å². The number of hydrogen-bond donors (Lipinski definition) is 0. The number of aromatic nitrogens is 2. The molecule has 2 fully saturated rings. The van der Waals surface area contributed by atoms with Gasteiger partial charge in [-0.3, -0.25) is 0 Å². The van der Waals surface area contributed by atoms with Crippen molar-refractivity contribution in [3.63, 3.8) is 0 Å². The standard InChI is InChI=1S/C14H24N4O2S2/c1-17(2)22(19,20)12-8-5-9-18(10-12)14-15-13(16-21-14)11-6-3-4-7-11/h11-12H,3-10H2,1-2H3/t12-/m0/s1. The topological polar surface area (TPSA) is 66.4 Å². The molecule has 6 nitrogen and oxygen atoms in total. The van der Waals surface area contributed by atoms with Crippen LogP contribution in [0.5, 0.6) is 0 Å². The maximum Gasteiger partial charge on any atom is 0.218 e. The van der Waals surface area contributed by atoms with Crippen molar-refractivity contribution < 1.29 is 8.42 Å². The second kappa shape index (κ2) is 6.41. The van der Waals surface area contributed by atoms with Crippen LogP contribution in [0.3, 0.4) is 0 Å². The van der Waals surface area contributed by atoms with Gasteiger partial charge in [0.15, 0.2) is 0 Å². The molecule has 1 aliphatic heterocycles. The van der Waals surface area contributed by atoms with Crippen LogP contribution in [0.1, 0.15) is 50.3 Å². The summed E-state index contributed by atoms with van der Waals surface area (Å²) in [6.45, 7) is 1.40. The highest BCUT2D eigenvalue weighted by molar-refractivity contribution is 7.89. The van der Waals surface area contributed by atoms with Crippen LogP contribution in [-0.2, 0) is 10.0 Å². The first kappa shape index (κ1) is 16.1. The van der Waals surface area contributed by atoms with Crippen LogP contribution in [-0.4, -0.2) is 54.5 Å². The normalized spacial score (nSPS) is 24.3. The van der Waals surface area contributed by atoms with Crippen LogP contribution < -0.4 is 4.90 Å². The predicted octanol–water partition coefficient (Wildman–Crippen LogP) is 2.06. The predicted molar refractivity (Wildman–Crippen MR) is 89.0 cm³/mol. The van der Waals surface area contributed by atoms with Gasteiger partial charge in [-0.2, -0.15) is 4.37 Å². The molecular weight excluding hydrogens is 320 g/mol. The van der Waals surface area contributed by atoms with Crippen molar-refractivity contribution >= 4 is 26.7 Å². The highest BCUT2D eigenvalue weighted by atomic mass is 32.2. The highest BCUT2D eigenvalue weighted by Crippen LogP contribution is 2.35. The molecule has 2 aliphatic rings. The van der Waals surface area contributed by atoms with E-state index in [1.807, 2.05) is 0 Å². The smallest absolute Gasteiger partial charge is 0.218 e. The van der Waals surface area contributed by atoms with E-state index < -0.39 is 10.0 Å². The van der Waals surface area contributed by atoms with E-state index in [0.717, 1.165) is 30.3 Å². The molecule has 0 spiro atoms. The molecule has 1 saturated carbocycles. The molecule has 1 saturated heterocycles. The first-order valence-electron chi connectivity index (χ1n) is 7.98. The van der Waals surface area contributed by atoms with E-state index in [9.17, 15) is 8.42 Å². The van der Waals surface area contributed by atoms with Crippen molar-refractivity contribution in [1.29, 1.82) is 0 Å². The Morgan fingerprint density at radius 3 is 2.59 bits per heavy atom. The maximum absolute atomic E-state index is 12.3. The van der Waals surface area contributed by atoms with Crippen LogP contribution in [0.15, 0.2) is 0 Å². The minimum absolute atomic E-state index is 0.338. The lowest BCUT2D eigenvalue weighted by atomic mass is 10.1. The lowest BCUT2D eigenvalue weighted by Crippen LogP contribution is -2.46. The van der Waals surface area contributed by atoms with E-state index in [1.165, 1.54) is 41.5 Å². The first-order valence-corrected chi connectivity index (χ1v) is 10.3. The van der Waals surface area contributed by atoms with Gasteiger partial charge in [0.2, 0.25) is 15.2 Å². The van der Waals surface area contributed by atoms with E-state index in [1.54, 1.807) is 14.1 Å². The van der Waals surface area contributed by atoms with E-state index in [-0.39, 0.29) is 5.25 Å². The Morgan fingerprint density at radius 1 is 1.18 bits per heavy atom. The number of piperidine rings is 1. The molecule has 124 valence electrons. The second-order valence-corrected chi connectivity index (χ2v) is 9.61. The van der Waals surface area contributed by atoms with Crippen molar-refractivity contribution in [2.45, 2.75) is 49.7 Å². The van der Waals surface area contributed by atoms with Crippen LogP contribution in [0.4, 0.5) is 5.13 Å². The third-order valence-corrected chi connectivity index (χ3v) is 7.77. The highest BCUT2D eigenvalue weighted by Gasteiger charge is 2.33. The molecule has 0 aromatic carbocycles. The third-order valence-electron chi connectivity index (χ3n) is 4.73. The van der Waals surface area contributed by atoms with Crippen LogP contribution >= 0.6 is 11.5 Å². The lowest BCUT2D eigenvalue weighted by Gasteiger charge is -2.33. The number of sulfonamides is 1. The maximum atomic E-state index is 12.3. The summed E-state index contributed by atoms with van der Waals surface area (Å²) in [4.78, 5) is 6.80. The Kier molecular flexibility index (Phi) is 4.70. The van der Waals surface area contributed by atoms with Crippen molar-refractivity contribution in [2.75, 3.05) is 32.1 Å². The van der Waals surface area contributed by atoms with Crippen molar-refractivity contribution in [1.82, 2.24) is 13.7 Å². The Morgan fingerprint density at radius 2 is 1.91 bits per heavy atom. The summed E-state index contributed by atoms with van der Waals surface area (Å²) in [5.74, 6) is 1.48. The van der Waals surface area contributed by atoms with Gasteiger partial charge in [0.1, 0.15) is 5.82 Å². The number of rotatable bonds is 4. The fraction of sp³-hybridized carbons (Fsp3) is 0.857. The van der Waals surface area contributed by atoms with Gasteiger partial charge >= 0.3 is 0 Å². The Hall–Kier alpha value is -0.730. The molecule has 3 rings (SSSR count).